The molecule has 0 amide bonds. The summed E-state index contributed by atoms with van der Waals surface area (Å²) >= 11 is 0. The summed E-state index contributed by atoms with van der Waals surface area (Å²) in [5.41, 5.74) is 1.27. The summed E-state index contributed by atoms with van der Waals surface area (Å²) in [4.78, 5) is 2.45. The predicted octanol–water partition coefficient (Wildman–Crippen LogP) is 0.623. The summed E-state index contributed by atoms with van der Waals surface area (Å²) in [6.45, 7) is 3.19. The normalized spacial score (nSPS) is 34.5. The number of rotatable bonds is 2. The molecule has 4 heteroatoms. The van der Waals surface area contributed by atoms with Crippen molar-refractivity contribution in [2.45, 2.75) is 25.5 Å². The van der Waals surface area contributed by atoms with Crippen LogP contribution in [0.25, 0.3) is 0 Å². The molecule has 0 aromatic carbocycles. The van der Waals surface area contributed by atoms with Gasteiger partial charge in [0, 0.05) is 44.4 Å². The van der Waals surface area contributed by atoms with E-state index < -0.39 is 0 Å². The zero-order valence-corrected chi connectivity index (χ0v) is 9.71. The predicted molar refractivity (Wildman–Crippen MR) is 60.7 cm³/mol. The van der Waals surface area contributed by atoms with E-state index in [1.807, 2.05) is 17.9 Å². The van der Waals surface area contributed by atoms with Crippen molar-refractivity contribution in [3.63, 3.8) is 0 Å². The summed E-state index contributed by atoms with van der Waals surface area (Å²) in [7, 11) is 1.95. The third-order valence-electron chi connectivity index (χ3n) is 4.06. The number of aliphatic hydroxyl groups excluding tert-OH is 1. The summed E-state index contributed by atoms with van der Waals surface area (Å²) in [5.74, 6) is 1.25. The van der Waals surface area contributed by atoms with E-state index in [1.165, 1.54) is 12.0 Å². The van der Waals surface area contributed by atoms with Gasteiger partial charge in [-0.1, -0.05) is 0 Å². The first kappa shape index (κ1) is 10.3. The summed E-state index contributed by atoms with van der Waals surface area (Å²) in [6, 6.07) is 0. The van der Waals surface area contributed by atoms with Crippen LogP contribution < -0.4 is 0 Å². The molecule has 2 heterocycles. The first-order chi connectivity index (χ1) is 7.72. The maximum absolute atomic E-state index is 9.84. The van der Waals surface area contributed by atoms with Crippen molar-refractivity contribution in [2.24, 2.45) is 18.9 Å². The molecule has 4 nitrogen and oxygen atoms in total. The SMILES string of the molecule is Cn1cc(CN2CC3CCC(O)C3C2)cn1. The molecule has 0 spiro atoms. The Kier molecular flexibility index (Phi) is 2.48. The highest BCUT2D eigenvalue weighted by Gasteiger charge is 2.41. The van der Waals surface area contributed by atoms with Gasteiger partial charge in [0.1, 0.15) is 0 Å². The maximum Gasteiger partial charge on any atom is 0.0583 e. The van der Waals surface area contributed by atoms with Crippen LogP contribution in [0.5, 0.6) is 0 Å². The van der Waals surface area contributed by atoms with E-state index >= 15 is 0 Å². The van der Waals surface area contributed by atoms with E-state index in [1.54, 1.807) is 0 Å². The number of aromatic nitrogens is 2. The molecule has 3 unspecified atom stereocenters. The van der Waals surface area contributed by atoms with Crippen molar-refractivity contribution in [1.82, 2.24) is 14.7 Å². The lowest BCUT2D eigenvalue weighted by molar-refractivity contribution is 0.123. The zero-order valence-electron chi connectivity index (χ0n) is 9.71. The fourth-order valence-electron chi connectivity index (χ4n) is 3.27. The van der Waals surface area contributed by atoms with E-state index in [-0.39, 0.29) is 6.10 Å². The van der Waals surface area contributed by atoms with Gasteiger partial charge in [-0.05, 0) is 18.8 Å². The molecule has 0 bridgehead atoms. The Hall–Kier alpha value is -0.870. The van der Waals surface area contributed by atoms with Crippen LogP contribution in [0, 0.1) is 11.8 Å². The zero-order chi connectivity index (χ0) is 11.1. The van der Waals surface area contributed by atoms with Crippen LogP contribution in [0.15, 0.2) is 12.4 Å². The molecular weight excluding hydrogens is 202 g/mol. The van der Waals surface area contributed by atoms with Crippen LogP contribution in [0.3, 0.4) is 0 Å². The first-order valence-corrected chi connectivity index (χ1v) is 6.10. The van der Waals surface area contributed by atoms with Gasteiger partial charge in [-0.15, -0.1) is 0 Å². The fraction of sp³-hybridized carbons (Fsp3) is 0.750. The number of hydrogen-bond acceptors (Lipinski definition) is 3. The Bertz CT molecular complexity index is 376. The molecule has 88 valence electrons. The van der Waals surface area contributed by atoms with Crippen molar-refractivity contribution in [2.75, 3.05) is 13.1 Å². The van der Waals surface area contributed by atoms with Crippen LogP contribution in [-0.2, 0) is 13.6 Å². The number of likely N-dealkylation sites (tertiary alicyclic amines) is 1. The van der Waals surface area contributed by atoms with Gasteiger partial charge in [0.2, 0.25) is 0 Å². The quantitative estimate of drug-likeness (QED) is 0.796. The summed E-state index contributed by atoms with van der Waals surface area (Å²) < 4.78 is 1.85. The van der Waals surface area contributed by atoms with Crippen molar-refractivity contribution in [1.29, 1.82) is 0 Å². The lowest BCUT2D eigenvalue weighted by Gasteiger charge is -2.16. The molecule has 1 saturated heterocycles. The molecule has 1 aromatic heterocycles. The van der Waals surface area contributed by atoms with Crippen molar-refractivity contribution in [3.8, 4) is 0 Å². The molecule has 1 aromatic rings. The minimum Gasteiger partial charge on any atom is -0.393 e. The van der Waals surface area contributed by atoms with Crippen LogP contribution >= 0.6 is 0 Å². The van der Waals surface area contributed by atoms with Gasteiger partial charge in [0.05, 0.1) is 12.3 Å². The van der Waals surface area contributed by atoms with Crippen LogP contribution in [0.2, 0.25) is 0 Å². The Morgan fingerprint density at radius 3 is 3.00 bits per heavy atom. The standard InChI is InChI=1S/C12H19N3O/c1-14-5-9(4-13-14)6-15-7-10-2-3-12(16)11(10)8-15/h4-5,10-12,16H,2-3,6-8H2,1H3. The molecule has 1 aliphatic heterocycles. The van der Waals surface area contributed by atoms with Gasteiger partial charge >= 0.3 is 0 Å². The van der Waals surface area contributed by atoms with E-state index in [0.717, 1.165) is 32.0 Å². The second-order valence-electron chi connectivity index (χ2n) is 5.28. The fourth-order valence-corrected chi connectivity index (χ4v) is 3.27. The number of nitrogens with zero attached hydrogens (tertiary/aromatic N) is 3. The molecular formula is C12H19N3O. The number of hydrogen-bond donors (Lipinski definition) is 1. The Labute approximate surface area is 95.9 Å². The molecule has 1 aliphatic carbocycles. The summed E-state index contributed by atoms with van der Waals surface area (Å²) in [5, 5.41) is 14.0. The minimum atomic E-state index is -0.0519. The third kappa shape index (κ3) is 1.76. The molecule has 3 rings (SSSR count). The molecule has 0 radical (unpaired) electrons. The van der Waals surface area contributed by atoms with Gasteiger partial charge in [-0.2, -0.15) is 5.10 Å². The second-order valence-corrected chi connectivity index (χ2v) is 5.28. The number of fused-ring (bicyclic) bond motifs is 1. The monoisotopic (exact) mass is 221 g/mol. The van der Waals surface area contributed by atoms with Crippen LogP contribution in [0.4, 0.5) is 0 Å². The van der Waals surface area contributed by atoms with Gasteiger partial charge in [-0.25, -0.2) is 0 Å². The smallest absolute Gasteiger partial charge is 0.0583 e. The lowest BCUT2D eigenvalue weighted by Crippen LogP contribution is -2.24. The van der Waals surface area contributed by atoms with Gasteiger partial charge in [-0.3, -0.25) is 9.58 Å². The average molecular weight is 221 g/mol. The third-order valence-corrected chi connectivity index (χ3v) is 4.06. The topological polar surface area (TPSA) is 41.3 Å². The number of aliphatic hydroxyl groups is 1. The van der Waals surface area contributed by atoms with E-state index in [9.17, 15) is 5.11 Å². The molecule has 1 saturated carbocycles. The Morgan fingerprint density at radius 1 is 1.44 bits per heavy atom. The maximum atomic E-state index is 9.84. The minimum absolute atomic E-state index is 0.0519. The van der Waals surface area contributed by atoms with Crippen molar-refractivity contribution >= 4 is 0 Å². The van der Waals surface area contributed by atoms with E-state index in [4.69, 9.17) is 0 Å². The van der Waals surface area contributed by atoms with Crippen molar-refractivity contribution in [3.05, 3.63) is 18.0 Å². The lowest BCUT2D eigenvalue weighted by atomic mass is 10.00. The van der Waals surface area contributed by atoms with Crippen LogP contribution in [0.1, 0.15) is 18.4 Å². The molecule has 3 atom stereocenters. The highest BCUT2D eigenvalue weighted by Crippen LogP contribution is 2.38. The van der Waals surface area contributed by atoms with Crippen molar-refractivity contribution < 1.29 is 5.11 Å². The van der Waals surface area contributed by atoms with Crippen LogP contribution in [-0.4, -0.2) is 39.0 Å². The molecule has 2 aliphatic rings. The Morgan fingerprint density at radius 2 is 2.31 bits per heavy atom. The largest absolute Gasteiger partial charge is 0.393 e. The van der Waals surface area contributed by atoms with E-state index in [0.29, 0.717) is 5.92 Å². The van der Waals surface area contributed by atoms with Gasteiger partial charge in [0.15, 0.2) is 0 Å². The highest BCUT2D eigenvalue weighted by atomic mass is 16.3. The summed E-state index contributed by atoms with van der Waals surface area (Å²) in [6.07, 6.45) is 6.17. The second kappa shape index (κ2) is 3.86. The average Bonchev–Trinajstić information content (AvgIpc) is 2.88. The van der Waals surface area contributed by atoms with Gasteiger partial charge < -0.3 is 5.11 Å². The molecule has 2 fully saturated rings. The van der Waals surface area contributed by atoms with Gasteiger partial charge in [0.25, 0.3) is 0 Å². The highest BCUT2D eigenvalue weighted by molar-refractivity contribution is 5.05. The first-order valence-electron chi connectivity index (χ1n) is 6.10. The van der Waals surface area contributed by atoms with E-state index in [2.05, 4.69) is 16.2 Å². The molecule has 16 heavy (non-hydrogen) atoms. The Balaban J connectivity index is 1.62. The number of aryl methyl sites for hydroxylation is 1. The molecule has 1 N–H and O–H groups in total.